The number of nitro benzene ring substituents is 1. The van der Waals surface area contributed by atoms with Crippen molar-refractivity contribution >= 4 is 23.9 Å². The second kappa shape index (κ2) is 5.48. The molecule has 2 aromatic rings. The SMILES string of the molecule is CC1=CC(C)=[N+]2C1=C(c1ccccc1[N+](=O)[O-])c1c(C)cc(C)n1[B-]2(F)F. The van der Waals surface area contributed by atoms with Gasteiger partial charge in [-0.15, -0.1) is 0 Å². The molecular weight excluding hydrogens is 351 g/mol. The molecule has 0 N–H and O–H groups in total. The summed E-state index contributed by atoms with van der Waals surface area (Å²) in [5, 5.41) is 11.6. The number of hydrogen-bond acceptors (Lipinski definition) is 2. The Hall–Kier alpha value is -3.03. The Morgan fingerprint density at radius 2 is 1.81 bits per heavy atom. The Labute approximate surface area is 155 Å². The van der Waals surface area contributed by atoms with Crippen molar-refractivity contribution in [2.75, 3.05) is 0 Å². The summed E-state index contributed by atoms with van der Waals surface area (Å²) in [4.78, 5) is 11.2. The Morgan fingerprint density at radius 3 is 2.48 bits per heavy atom. The summed E-state index contributed by atoms with van der Waals surface area (Å²) in [6, 6.07) is 8.01. The molecule has 5 nitrogen and oxygen atoms in total. The van der Waals surface area contributed by atoms with Crippen molar-refractivity contribution in [2.45, 2.75) is 27.7 Å². The number of halogens is 2. The molecule has 3 heterocycles. The van der Waals surface area contributed by atoms with Crippen molar-refractivity contribution < 1.29 is 18.0 Å². The van der Waals surface area contributed by atoms with Gasteiger partial charge < -0.3 is 17.6 Å². The summed E-state index contributed by atoms with van der Waals surface area (Å²) < 4.78 is 33.1. The van der Waals surface area contributed by atoms with Crippen LogP contribution < -0.4 is 0 Å². The Bertz CT molecular complexity index is 1130. The molecule has 27 heavy (non-hydrogen) atoms. The molecule has 1 aromatic carbocycles. The molecule has 0 atom stereocenters. The molecule has 0 spiro atoms. The van der Waals surface area contributed by atoms with Crippen molar-refractivity contribution in [2.24, 2.45) is 0 Å². The van der Waals surface area contributed by atoms with Gasteiger partial charge in [0.15, 0.2) is 5.70 Å². The number of hydrogen-bond donors (Lipinski definition) is 0. The lowest BCUT2D eigenvalue weighted by Crippen LogP contribution is -2.51. The Balaban J connectivity index is 2.22. The van der Waals surface area contributed by atoms with Crippen molar-refractivity contribution in [3.8, 4) is 0 Å². The summed E-state index contributed by atoms with van der Waals surface area (Å²) in [5.74, 6) is 0. The monoisotopic (exact) mass is 369 g/mol. The molecule has 0 fully saturated rings. The van der Waals surface area contributed by atoms with E-state index < -0.39 is 11.9 Å². The van der Waals surface area contributed by atoms with Crippen LogP contribution in [-0.2, 0) is 0 Å². The van der Waals surface area contributed by atoms with Gasteiger partial charge in [0, 0.05) is 30.3 Å². The highest BCUT2D eigenvalue weighted by molar-refractivity contribution is 6.58. The van der Waals surface area contributed by atoms with Gasteiger partial charge >= 0.3 is 6.97 Å². The fraction of sp³-hybridized carbons (Fsp3) is 0.211. The van der Waals surface area contributed by atoms with Crippen LogP contribution in [0.4, 0.5) is 14.3 Å². The highest BCUT2D eigenvalue weighted by atomic mass is 19.2. The summed E-state index contributed by atoms with van der Waals surface area (Å²) in [6.07, 6.45) is 1.71. The van der Waals surface area contributed by atoms with Crippen LogP contribution in [0.25, 0.3) is 5.57 Å². The number of para-hydroxylation sites is 1. The van der Waals surface area contributed by atoms with E-state index in [-0.39, 0.29) is 5.69 Å². The summed E-state index contributed by atoms with van der Waals surface area (Å²) in [6.45, 7) is 2.72. The summed E-state index contributed by atoms with van der Waals surface area (Å²) in [5.41, 5.74) is 3.63. The van der Waals surface area contributed by atoms with Crippen LogP contribution in [0.1, 0.15) is 36.4 Å². The van der Waals surface area contributed by atoms with Crippen LogP contribution in [0.3, 0.4) is 0 Å². The van der Waals surface area contributed by atoms with Gasteiger partial charge in [0.2, 0.25) is 0 Å². The number of nitrogens with zero attached hydrogens (tertiary/aromatic N) is 3. The normalized spacial score (nSPS) is 17.8. The van der Waals surface area contributed by atoms with E-state index in [1.165, 1.54) is 6.07 Å². The van der Waals surface area contributed by atoms with Crippen LogP contribution >= 0.6 is 0 Å². The molecule has 0 bridgehead atoms. The molecule has 8 heteroatoms. The third-order valence-electron chi connectivity index (χ3n) is 5.30. The number of rotatable bonds is 2. The first-order valence-corrected chi connectivity index (χ1v) is 8.67. The summed E-state index contributed by atoms with van der Waals surface area (Å²) in [7, 11) is 0. The number of fused-ring (bicyclic) bond motifs is 2. The molecule has 1 aromatic heterocycles. The fourth-order valence-electron chi connectivity index (χ4n) is 4.40. The second-order valence-corrected chi connectivity index (χ2v) is 7.11. The zero-order chi connectivity index (χ0) is 19.7. The minimum atomic E-state index is -4.09. The van der Waals surface area contributed by atoms with Gasteiger partial charge in [0.05, 0.1) is 16.1 Å². The molecule has 0 saturated heterocycles. The van der Waals surface area contributed by atoms with Gasteiger partial charge in [-0.25, -0.2) is 0 Å². The van der Waals surface area contributed by atoms with E-state index in [4.69, 9.17) is 0 Å². The molecule has 0 aliphatic carbocycles. The molecule has 2 aliphatic heterocycles. The van der Waals surface area contributed by atoms with Gasteiger partial charge in [0.25, 0.3) is 5.69 Å². The first-order valence-electron chi connectivity index (χ1n) is 8.67. The maximum atomic E-state index is 15.5. The van der Waals surface area contributed by atoms with Crippen LogP contribution in [0.15, 0.2) is 47.7 Å². The zero-order valence-electron chi connectivity index (χ0n) is 15.5. The number of aromatic nitrogens is 1. The number of nitro groups is 1. The van der Waals surface area contributed by atoms with E-state index in [0.717, 1.165) is 8.96 Å². The average Bonchev–Trinajstić information content (AvgIpc) is 3.05. The first kappa shape index (κ1) is 17.4. The molecule has 138 valence electrons. The van der Waals surface area contributed by atoms with Crippen LogP contribution in [0, 0.1) is 24.0 Å². The average molecular weight is 369 g/mol. The van der Waals surface area contributed by atoms with E-state index in [9.17, 15) is 10.1 Å². The van der Waals surface area contributed by atoms with E-state index in [2.05, 4.69) is 0 Å². The van der Waals surface area contributed by atoms with Crippen LogP contribution in [-0.4, -0.2) is 26.6 Å². The quantitative estimate of drug-likeness (QED) is 0.446. The minimum Gasteiger partial charge on any atom is -0.393 e. The highest BCUT2D eigenvalue weighted by Crippen LogP contribution is 2.45. The van der Waals surface area contributed by atoms with E-state index in [1.807, 2.05) is 0 Å². The van der Waals surface area contributed by atoms with Crippen molar-refractivity contribution in [3.63, 3.8) is 0 Å². The fourth-order valence-corrected chi connectivity index (χ4v) is 4.40. The molecule has 4 rings (SSSR count). The van der Waals surface area contributed by atoms with Crippen LogP contribution in [0.2, 0.25) is 0 Å². The molecule has 2 aliphatic rings. The smallest absolute Gasteiger partial charge is 0.393 e. The molecule has 0 amide bonds. The molecule has 0 unspecified atom stereocenters. The maximum Gasteiger partial charge on any atom is 0.737 e. The Morgan fingerprint density at radius 1 is 1.15 bits per heavy atom. The highest BCUT2D eigenvalue weighted by Gasteiger charge is 2.55. The lowest BCUT2D eigenvalue weighted by Gasteiger charge is -2.33. The number of allylic oxidation sites excluding steroid dienone is 2. The Kier molecular flexibility index (Phi) is 3.53. The molecule has 0 saturated carbocycles. The predicted octanol–water partition coefficient (Wildman–Crippen LogP) is 4.44. The van der Waals surface area contributed by atoms with E-state index >= 15 is 8.63 Å². The third-order valence-corrected chi connectivity index (χ3v) is 5.30. The number of aryl methyl sites for hydroxylation is 2. The van der Waals surface area contributed by atoms with Gasteiger partial charge in [-0.2, -0.15) is 0 Å². The lowest BCUT2D eigenvalue weighted by atomic mass is 9.83. The van der Waals surface area contributed by atoms with Gasteiger partial charge in [-0.1, -0.05) is 12.1 Å². The van der Waals surface area contributed by atoms with Crippen molar-refractivity contribution in [1.29, 1.82) is 0 Å². The lowest BCUT2D eigenvalue weighted by molar-refractivity contribution is -0.385. The molecule has 0 radical (unpaired) electrons. The predicted molar refractivity (Wildman–Crippen MR) is 101 cm³/mol. The van der Waals surface area contributed by atoms with Crippen molar-refractivity contribution in [1.82, 2.24) is 4.48 Å². The largest absolute Gasteiger partial charge is 0.737 e. The minimum absolute atomic E-state index is 0.0974. The molecular formula is C19H18BF2N3O2. The summed E-state index contributed by atoms with van der Waals surface area (Å²) >= 11 is 0. The standard InChI is InChI=1S/C19H18BF2N3O2/c1-11-9-13(3)23-18(11)17(15-7-5-6-8-16(15)25(26)27)19-12(2)10-14(4)24(19)20(23,21)22/h5-10H,1-4H3. The van der Waals surface area contributed by atoms with Gasteiger partial charge in [-0.05, 0) is 44.2 Å². The van der Waals surface area contributed by atoms with Crippen LogP contribution in [0.5, 0.6) is 0 Å². The zero-order valence-corrected chi connectivity index (χ0v) is 15.5. The van der Waals surface area contributed by atoms with Gasteiger partial charge in [-0.3, -0.25) is 10.1 Å². The second-order valence-electron chi connectivity index (χ2n) is 7.11. The number of benzene rings is 1. The van der Waals surface area contributed by atoms with E-state index in [1.54, 1.807) is 58.0 Å². The topological polar surface area (TPSA) is 51.1 Å². The maximum absolute atomic E-state index is 15.5. The third kappa shape index (κ3) is 2.19. The van der Waals surface area contributed by atoms with E-state index in [0.29, 0.717) is 45.1 Å². The first-order chi connectivity index (χ1) is 12.7. The van der Waals surface area contributed by atoms with Crippen molar-refractivity contribution in [3.05, 3.63) is 80.3 Å². The van der Waals surface area contributed by atoms with Gasteiger partial charge in [0.1, 0.15) is 5.71 Å².